The Kier molecular flexibility index (Phi) is 5.37. The maximum atomic E-state index is 10.5. The van der Waals surface area contributed by atoms with Gasteiger partial charge in [-0.05, 0) is 37.1 Å². The highest BCUT2D eigenvalue weighted by molar-refractivity contribution is 5.28. The van der Waals surface area contributed by atoms with Crippen molar-refractivity contribution < 1.29 is 9.84 Å². The zero-order valence-electron chi connectivity index (χ0n) is 12.7. The predicted molar refractivity (Wildman–Crippen MR) is 85.3 cm³/mol. The molecule has 0 aliphatic heterocycles. The number of hydrogen-bond acceptors (Lipinski definition) is 3. The molecule has 112 valence electrons. The average molecular weight is 285 g/mol. The van der Waals surface area contributed by atoms with Gasteiger partial charge in [-0.25, -0.2) is 0 Å². The first-order chi connectivity index (χ1) is 10.1. The summed E-state index contributed by atoms with van der Waals surface area (Å²) in [5.41, 5.74) is 1.18. The molecule has 2 rings (SSSR count). The van der Waals surface area contributed by atoms with E-state index >= 15 is 0 Å². The molecule has 0 saturated heterocycles. The lowest BCUT2D eigenvalue weighted by molar-refractivity contribution is 0.0567. The molecule has 0 heterocycles. The summed E-state index contributed by atoms with van der Waals surface area (Å²) in [7, 11) is 0. The van der Waals surface area contributed by atoms with Crippen molar-refractivity contribution in [3.05, 3.63) is 65.7 Å². The van der Waals surface area contributed by atoms with Crippen molar-refractivity contribution in [2.75, 3.05) is 13.2 Å². The second-order valence-electron chi connectivity index (χ2n) is 5.32. The quantitative estimate of drug-likeness (QED) is 0.821. The molecule has 0 aromatic heterocycles. The molecule has 2 aromatic carbocycles. The van der Waals surface area contributed by atoms with Gasteiger partial charge < -0.3 is 15.2 Å². The Morgan fingerprint density at radius 1 is 1.10 bits per heavy atom. The van der Waals surface area contributed by atoms with E-state index in [2.05, 4.69) is 5.32 Å². The van der Waals surface area contributed by atoms with Gasteiger partial charge in [0.1, 0.15) is 5.75 Å². The molecule has 0 aliphatic rings. The summed E-state index contributed by atoms with van der Waals surface area (Å²) < 4.78 is 5.49. The second kappa shape index (κ2) is 7.25. The fourth-order valence-corrected chi connectivity index (χ4v) is 2.26. The third kappa shape index (κ3) is 4.59. The van der Waals surface area contributed by atoms with Crippen LogP contribution in [-0.4, -0.2) is 18.3 Å². The highest BCUT2D eigenvalue weighted by atomic mass is 16.5. The van der Waals surface area contributed by atoms with Crippen LogP contribution in [0.1, 0.15) is 25.0 Å². The van der Waals surface area contributed by atoms with Gasteiger partial charge in [-0.15, -0.1) is 0 Å². The third-order valence-corrected chi connectivity index (χ3v) is 3.40. The van der Waals surface area contributed by atoms with Gasteiger partial charge in [0, 0.05) is 13.1 Å². The Labute approximate surface area is 126 Å². The Morgan fingerprint density at radius 2 is 1.86 bits per heavy atom. The highest BCUT2D eigenvalue weighted by Crippen LogP contribution is 2.19. The van der Waals surface area contributed by atoms with E-state index in [1.807, 2.05) is 68.4 Å². The van der Waals surface area contributed by atoms with Gasteiger partial charge in [-0.2, -0.15) is 0 Å². The van der Waals surface area contributed by atoms with Crippen molar-refractivity contribution in [2.24, 2.45) is 0 Å². The Balaban J connectivity index is 1.90. The van der Waals surface area contributed by atoms with Gasteiger partial charge >= 0.3 is 0 Å². The van der Waals surface area contributed by atoms with Crippen molar-refractivity contribution in [3.63, 3.8) is 0 Å². The molecule has 2 N–H and O–H groups in total. The summed E-state index contributed by atoms with van der Waals surface area (Å²) in [5.74, 6) is 0.881. The van der Waals surface area contributed by atoms with Crippen LogP contribution in [0.3, 0.4) is 0 Å². The number of hydrogen-bond donors (Lipinski definition) is 2. The lowest BCUT2D eigenvalue weighted by Gasteiger charge is -2.24. The largest absolute Gasteiger partial charge is 0.494 e. The second-order valence-corrected chi connectivity index (χ2v) is 5.32. The van der Waals surface area contributed by atoms with Crippen LogP contribution in [0, 0.1) is 0 Å². The van der Waals surface area contributed by atoms with Crippen LogP contribution in [-0.2, 0) is 12.1 Å². The monoisotopic (exact) mass is 285 g/mol. The third-order valence-electron chi connectivity index (χ3n) is 3.40. The minimum Gasteiger partial charge on any atom is -0.494 e. The first-order valence-corrected chi connectivity index (χ1v) is 7.32. The predicted octanol–water partition coefficient (Wildman–Crippen LogP) is 3.08. The van der Waals surface area contributed by atoms with E-state index in [9.17, 15) is 5.11 Å². The fourth-order valence-electron chi connectivity index (χ4n) is 2.26. The van der Waals surface area contributed by atoms with E-state index < -0.39 is 5.60 Å². The summed E-state index contributed by atoms with van der Waals surface area (Å²) >= 11 is 0. The molecule has 0 fully saturated rings. The van der Waals surface area contributed by atoms with E-state index in [4.69, 9.17) is 4.74 Å². The van der Waals surface area contributed by atoms with Crippen LogP contribution >= 0.6 is 0 Å². The minimum atomic E-state index is -0.876. The Morgan fingerprint density at radius 3 is 2.57 bits per heavy atom. The molecule has 0 bridgehead atoms. The molecule has 0 amide bonds. The van der Waals surface area contributed by atoms with E-state index in [0.29, 0.717) is 19.7 Å². The van der Waals surface area contributed by atoms with Crippen LogP contribution in [0.15, 0.2) is 54.6 Å². The number of rotatable bonds is 7. The van der Waals surface area contributed by atoms with E-state index in [1.165, 1.54) is 0 Å². The van der Waals surface area contributed by atoms with E-state index in [0.717, 1.165) is 16.9 Å². The van der Waals surface area contributed by atoms with Crippen LogP contribution in [0.2, 0.25) is 0 Å². The average Bonchev–Trinajstić information content (AvgIpc) is 2.49. The standard InChI is InChI=1S/C18H23NO2/c1-3-21-17-11-7-8-15(12-17)13-19-14-18(2,20)16-9-5-4-6-10-16/h4-12,19-20H,3,13-14H2,1-2H3. The molecule has 0 radical (unpaired) electrons. The topological polar surface area (TPSA) is 41.5 Å². The van der Waals surface area contributed by atoms with Crippen molar-refractivity contribution in [3.8, 4) is 5.75 Å². The molecule has 2 aromatic rings. The van der Waals surface area contributed by atoms with Crippen molar-refractivity contribution in [1.29, 1.82) is 0 Å². The number of benzene rings is 2. The zero-order valence-corrected chi connectivity index (χ0v) is 12.7. The molecule has 3 nitrogen and oxygen atoms in total. The normalized spacial score (nSPS) is 13.7. The van der Waals surface area contributed by atoms with E-state index in [-0.39, 0.29) is 0 Å². The van der Waals surface area contributed by atoms with Crippen molar-refractivity contribution in [2.45, 2.75) is 26.0 Å². The minimum absolute atomic E-state index is 0.496. The molecular weight excluding hydrogens is 262 g/mol. The smallest absolute Gasteiger partial charge is 0.119 e. The maximum Gasteiger partial charge on any atom is 0.119 e. The van der Waals surface area contributed by atoms with Gasteiger partial charge in [0.25, 0.3) is 0 Å². The highest BCUT2D eigenvalue weighted by Gasteiger charge is 2.21. The fraction of sp³-hybridized carbons (Fsp3) is 0.333. The van der Waals surface area contributed by atoms with E-state index in [1.54, 1.807) is 0 Å². The van der Waals surface area contributed by atoms with Crippen molar-refractivity contribution in [1.82, 2.24) is 5.32 Å². The van der Waals surface area contributed by atoms with Crippen LogP contribution < -0.4 is 10.1 Å². The van der Waals surface area contributed by atoms with Gasteiger partial charge in [0.15, 0.2) is 0 Å². The molecule has 21 heavy (non-hydrogen) atoms. The number of aliphatic hydroxyl groups is 1. The molecule has 0 aliphatic carbocycles. The van der Waals surface area contributed by atoms with Crippen LogP contribution in [0.4, 0.5) is 0 Å². The lowest BCUT2D eigenvalue weighted by atomic mass is 9.96. The first-order valence-electron chi connectivity index (χ1n) is 7.32. The van der Waals surface area contributed by atoms with Gasteiger partial charge in [0.2, 0.25) is 0 Å². The molecule has 0 saturated carbocycles. The molecule has 1 atom stereocenters. The van der Waals surface area contributed by atoms with Crippen molar-refractivity contribution >= 4 is 0 Å². The zero-order chi connectivity index (χ0) is 15.1. The molecule has 3 heteroatoms. The SMILES string of the molecule is CCOc1cccc(CNCC(C)(O)c2ccccc2)c1. The number of ether oxygens (including phenoxy) is 1. The lowest BCUT2D eigenvalue weighted by Crippen LogP contribution is -2.35. The first kappa shape index (κ1) is 15.5. The van der Waals surface area contributed by atoms with Crippen LogP contribution in [0.25, 0.3) is 0 Å². The number of nitrogens with one attached hydrogen (secondary N) is 1. The summed E-state index contributed by atoms with van der Waals surface area (Å²) in [6.45, 7) is 5.66. The summed E-state index contributed by atoms with van der Waals surface area (Å²) in [5, 5.41) is 13.8. The molecular formula is C18H23NO2. The Bertz CT molecular complexity index is 552. The van der Waals surface area contributed by atoms with Gasteiger partial charge in [0.05, 0.1) is 12.2 Å². The summed E-state index contributed by atoms with van der Waals surface area (Å²) in [6, 6.07) is 17.7. The summed E-state index contributed by atoms with van der Waals surface area (Å²) in [6.07, 6.45) is 0. The maximum absolute atomic E-state index is 10.5. The molecule has 1 unspecified atom stereocenters. The Hall–Kier alpha value is -1.84. The summed E-state index contributed by atoms with van der Waals surface area (Å²) in [4.78, 5) is 0. The van der Waals surface area contributed by atoms with Gasteiger partial charge in [-0.1, -0.05) is 42.5 Å². The van der Waals surface area contributed by atoms with Crippen LogP contribution in [0.5, 0.6) is 5.75 Å². The molecule has 0 spiro atoms. The van der Waals surface area contributed by atoms with Gasteiger partial charge in [-0.3, -0.25) is 0 Å².